The van der Waals surface area contributed by atoms with Crippen LogP contribution in [0, 0.1) is 0 Å². The molecular formula is C16H12ClNO3. The van der Waals surface area contributed by atoms with Gasteiger partial charge < -0.3 is 4.74 Å². The van der Waals surface area contributed by atoms with Crippen LogP contribution in [0.1, 0.15) is 29.1 Å². The van der Waals surface area contributed by atoms with Crippen LogP contribution in [0.4, 0.5) is 5.69 Å². The number of amides is 1. The van der Waals surface area contributed by atoms with E-state index >= 15 is 0 Å². The van der Waals surface area contributed by atoms with Crippen molar-refractivity contribution in [3.63, 3.8) is 0 Å². The Morgan fingerprint density at radius 2 is 1.90 bits per heavy atom. The monoisotopic (exact) mass is 301 g/mol. The molecule has 1 amide bonds. The molecule has 1 aliphatic rings. The van der Waals surface area contributed by atoms with E-state index in [0.717, 1.165) is 5.56 Å². The van der Waals surface area contributed by atoms with Crippen molar-refractivity contribution in [1.29, 1.82) is 0 Å². The van der Waals surface area contributed by atoms with Crippen LogP contribution in [0.3, 0.4) is 0 Å². The third-order valence-corrected chi connectivity index (χ3v) is 3.55. The zero-order valence-corrected chi connectivity index (χ0v) is 12.0. The summed E-state index contributed by atoms with van der Waals surface area (Å²) in [7, 11) is 0. The number of fused-ring (bicyclic) bond motifs is 1. The minimum Gasteiger partial charge on any atom is -0.433 e. The van der Waals surface area contributed by atoms with Crippen molar-refractivity contribution >= 4 is 29.2 Å². The van der Waals surface area contributed by atoms with Gasteiger partial charge in [-0.15, -0.1) is 0 Å². The molecule has 0 aromatic heterocycles. The highest BCUT2D eigenvalue weighted by Gasteiger charge is 2.36. The van der Waals surface area contributed by atoms with Gasteiger partial charge in [0, 0.05) is 17.5 Å². The number of hydrogen-bond donors (Lipinski definition) is 0. The quantitative estimate of drug-likeness (QED) is 0.757. The van der Waals surface area contributed by atoms with Gasteiger partial charge in [-0.1, -0.05) is 41.9 Å². The first-order chi connectivity index (χ1) is 10.1. The predicted octanol–water partition coefficient (Wildman–Crippen LogP) is 3.56. The average molecular weight is 302 g/mol. The van der Waals surface area contributed by atoms with Crippen molar-refractivity contribution in [2.45, 2.75) is 13.2 Å². The molecule has 0 fully saturated rings. The van der Waals surface area contributed by atoms with Gasteiger partial charge in [-0.3, -0.25) is 9.69 Å². The maximum absolute atomic E-state index is 12.2. The number of rotatable bonds is 1. The Morgan fingerprint density at radius 1 is 1.19 bits per heavy atom. The summed E-state index contributed by atoms with van der Waals surface area (Å²) in [5.74, 6) is -0.696. The van der Waals surface area contributed by atoms with Crippen molar-refractivity contribution in [2.75, 3.05) is 4.90 Å². The number of cyclic esters (lactones) is 1. The molecule has 0 N–H and O–H groups in total. The van der Waals surface area contributed by atoms with E-state index in [4.69, 9.17) is 16.3 Å². The Balaban J connectivity index is 2.15. The second-order valence-corrected chi connectivity index (χ2v) is 5.16. The number of nitrogens with zero attached hydrogens (tertiary/aromatic N) is 1. The average Bonchev–Trinajstić information content (AvgIpc) is 2.48. The van der Waals surface area contributed by atoms with Crippen molar-refractivity contribution < 1.29 is 14.3 Å². The smallest absolute Gasteiger partial charge is 0.342 e. The van der Waals surface area contributed by atoms with Gasteiger partial charge in [0.25, 0.3) is 0 Å². The minimum atomic E-state index is -0.759. The number of carbonyl (C=O) groups excluding carboxylic acids is 2. The number of hydrogen-bond acceptors (Lipinski definition) is 3. The molecule has 1 atom stereocenters. The molecule has 3 rings (SSSR count). The Kier molecular flexibility index (Phi) is 3.39. The molecule has 0 aliphatic carbocycles. The molecule has 0 saturated carbocycles. The Labute approximate surface area is 126 Å². The summed E-state index contributed by atoms with van der Waals surface area (Å²) in [6, 6.07) is 14.0. The number of carbonyl (C=O) groups is 2. The minimum absolute atomic E-state index is 0.208. The van der Waals surface area contributed by atoms with Crippen LogP contribution < -0.4 is 4.90 Å². The van der Waals surface area contributed by atoms with Crippen LogP contribution in [-0.4, -0.2) is 11.9 Å². The van der Waals surface area contributed by atoms with Crippen molar-refractivity contribution in [2.24, 2.45) is 0 Å². The third-order valence-electron chi connectivity index (χ3n) is 3.32. The van der Waals surface area contributed by atoms with E-state index in [1.165, 1.54) is 17.9 Å². The Morgan fingerprint density at radius 3 is 2.57 bits per heavy atom. The summed E-state index contributed by atoms with van der Waals surface area (Å²) in [6.45, 7) is 1.44. The van der Waals surface area contributed by atoms with Gasteiger partial charge in [0.05, 0.1) is 11.3 Å². The summed E-state index contributed by atoms with van der Waals surface area (Å²) < 4.78 is 5.44. The summed E-state index contributed by atoms with van der Waals surface area (Å²) >= 11 is 5.91. The van der Waals surface area contributed by atoms with Crippen LogP contribution in [0.15, 0.2) is 48.5 Å². The van der Waals surface area contributed by atoms with E-state index in [2.05, 4.69) is 0 Å². The maximum Gasteiger partial charge on any atom is 0.342 e. The second-order valence-electron chi connectivity index (χ2n) is 4.72. The fraction of sp³-hybridized carbons (Fsp3) is 0.125. The summed E-state index contributed by atoms with van der Waals surface area (Å²) in [4.78, 5) is 25.7. The zero-order chi connectivity index (χ0) is 15.0. The summed E-state index contributed by atoms with van der Waals surface area (Å²) in [5.41, 5.74) is 1.54. The van der Waals surface area contributed by atoms with Gasteiger partial charge in [-0.2, -0.15) is 0 Å². The molecule has 1 heterocycles. The van der Waals surface area contributed by atoms with Gasteiger partial charge in [0.1, 0.15) is 0 Å². The predicted molar refractivity (Wildman–Crippen MR) is 79.2 cm³/mol. The van der Waals surface area contributed by atoms with Crippen molar-refractivity contribution in [3.05, 3.63) is 64.7 Å². The first kappa shape index (κ1) is 13.6. The van der Waals surface area contributed by atoms with Crippen LogP contribution in [0.25, 0.3) is 0 Å². The lowest BCUT2D eigenvalue weighted by Crippen LogP contribution is -2.40. The molecular weight excluding hydrogens is 290 g/mol. The van der Waals surface area contributed by atoms with Crippen LogP contribution in [-0.2, 0) is 9.53 Å². The van der Waals surface area contributed by atoms with Gasteiger partial charge in [-0.25, -0.2) is 4.79 Å². The molecule has 0 spiro atoms. The van der Waals surface area contributed by atoms with E-state index in [0.29, 0.717) is 16.3 Å². The topological polar surface area (TPSA) is 46.6 Å². The van der Waals surface area contributed by atoms with Crippen LogP contribution in [0.2, 0.25) is 5.02 Å². The number of esters is 1. The lowest BCUT2D eigenvalue weighted by Gasteiger charge is -2.35. The first-order valence-electron chi connectivity index (χ1n) is 6.43. The van der Waals surface area contributed by atoms with Gasteiger partial charge in [-0.05, 0) is 18.2 Å². The molecule has 5 heteroatoms. The van der Waals surface area contributed by atoms with E-state index in [1.807, 2.05) is 30.3 Å². The fourth-order valence-corrected chi connectivity index (χ4v) is 2.57. The zero-order valence-electron chi connectivity index (χ0n) is 11.2. The number of benzene rings is 2. The lowest BCUT2D eigenvalue weighted by atomic mass is 10.1. The normalized spacial score (nSPS) is 17.1. The highest BCUT2D eigenvalue weighted by atomic mass is 35.5. The SMILES string of the molecule is CC(=O)N1c2ccc(Cl)cc2C(=O)OC1c1ccccc1. The Bertz CT molecular complexity index is 715. The molecule has 4 nitrogen and oxygen atoms in total. The third kappa shape index (κ3) is 2.38. The molecule has 106 valence electrons. The van der Waals surface area contributed by atoms with E-state index in [1.54, 1.807) is 12.1 Å². The standard InChI is InChI=1S/C16H12ClNO3/c1-10(19)18-14-8-7-12(17)9-13(14)16(20)21-15(18)11-5-3-2-4-6-11/h2-9,15H,1H3. The molecule has 1 aliphatic heterocycles. The van der Waals surface area contributed by atoms with E-state index in [9.17, 15) is 9.59 Å². The number of ether oxygens (including phenoxy) is 1. The Hall–Kier alpha value is -2.33. The van der Waals surface area contributed by atoms with Crippen molar-refractivity contribution in [1.82, 2.24) is 0 Å². The highest BCUT2D eigenvalue weighted by molar-refractivity contribution is 6.31. The summed E-state index contributed by atoms with van der Waals surface area (Å²) in [5, 5.41) is 0.423. The van der Waals surface area contributed by atoms with E-state index in [-0.39, 0.29) is 5.91 Å². The van der Waals surface area contributed by atoms with Gasteiger partial charge in [0.2, 0.25) is 12.1 Å². The van der Waals surface area contributed by atoms with Gasteiger partial charge >= 0.3 is 5.97 Å². The maximum atomic E-state index is 12.2. The first-order valence-corrected chi connectivity index (χ1v) is 6.81. The van der Waals surface area contributed by atoms with Crippen LogP contribution >= 0.6 is 11.6 Å². The second kappa shape index (κ2) is 5.22. The number of anilines is 1. The van der Waals surface area contributed by atoms with Crippen LogP contribution in [0.5, 0.6) is 0 Å². The molecule has 2 aromatic rings. The van der Waals surface area contributed by atoms with Crippen molar-refractivity contribution in [3.8, 4) is 0 Å². The molecule has 0 radical (unpaired) electrons. The number of halogens is 1. The summed E-state index contributed by atoms with van der Waals surface area (Å²) in [6.07, 6.45) is -0.759. The highest BCUT2D eigenvalue weighted by Crippen LogP contribution is 2.37. The largest absolute Gasteiger partial charge is 0.433 e. The fourth-order valence-electron chi connectivity index (χ4n) is 2.40. The molecule has 21 heavy (non-hydrogen) atoms. The van der Waals surface area contributed by atoms with Gasteiger partial charge in [0.15, 0.2) is 0 Å². The molecule has 1 unspecified atom stereocenters. The lowest BCUT2D eigenvalue weighted by molar-refractivity contribution is -0.118. The molecule has 0 saturated heterocycles. The van der Waals surface area contributed by atoms with E-state index < -0.39 is 12.2 Å². The molecule has 2 aromatic carbocycles. The molecule has 0 bridgehead atoms.